The van der Waals surface area contributed by atoms with Gasteiger partial charge in [0.25, 0.3) is 0 Å². The van der Waals surface area contributed by atoms with Crippen molar-refractivity contribution in [1.29, 1.82) is 0 Å². The van der Waals surface area contributed by atoms with Gasteiger partial charge in [-0.25, -0.2) is 4.79 Å². The number of carbonyl (C=O) groups is 2. The monoisotopic (exact) mass is 283 g/mol. The van der Waals surface area contributed by atoms with Crippen molar-refractivity contribution in [2.45, 2.75) is 13.0 Å². The van der Waals surface area contributed by atoms with Gasteiger partial charge in [0.2, 0.25) is 5.91 Å². The molecule has 0 spiro atoms. The first-order valence-electron chi connectivity index (χ1n) is 5.75. The molecule has 1 aromatic rings. The molecule has 1 atom stereocenters. The highest BCUT2D eigenvalue weighted by Gasteiger charge is 2.09. The normalized spacial score (nSPS) is 11.7. The van der Waals surface area contributed by atoms with Gasteiger partial charge in [-0.05, 0) is 30.9 Å². The maximum Gasteiger partial charge on any atom is 0.341 e. The summed E-state index contributed by atoms with van der Waals surface area (Å²) in [4.78, 5) is 21.8. The Balaban J connectivity index is 2.55. The van der Waals surface area contributed by atoms with Crippen LogP contribution in [0.5, 0.6) is 5.75 Å². The van der Waals surface area contributed by atoms with E-state index in [1.807, 2.05) is 13.2 Å². The summed E-state index contributed by atoms with van der Waals surface area (Å²) in [5, 5.41) is 11.4. The summed E-state index contributed by atoms with van der Waals surface area (Å²) in [6.07, 6.45) is 1.87. The third-order valence-corrected chi connectivity index (χ3v) is 2.95. The predicted molar refractivity (Wildman–Crippen MR) is 74.5 cm³/mol. The van der Waals surface area contributed by atoms with Gasteiger partial charge in [-0.1, -0.05) is 12.1 Å². The van der Waals surface area contributed by atoms with E-state index in [-0.39, 0.29) is 18.6 Å². The van der Waals surface area contributed by atoms with E-state index in [0.717, 1.165) is 5.56 Å². The number of carbonyl (C=O) groups excluding carboxylic acids is 1. The second kappa shape index (κ2) is 7.68. The van der Waals surface area contributed by atoms with Gasteiger partial charge >= 0.3 is 5.97 Å². The number of amides is 1. The molecule has 19 heavy (non-hydrogen) atoms. The van der Waals surface area contributed by atoms with E-state index in [1.54, 1.807) is 24.3 Å². The summed E-state index contributed by atoms with van der Waals surface area (Å²) in [5.41, 5.74) is 0.942. The van der Waals surface area contributed by atoms with E-state index < -0.39 is 5.97 Å². The molecule has 1 aromatic carbocycles. The number of carboxylic acid groups (broad SMARTS) is 1. The molecule has 0 heterocycles. The molecule has 5 nitrogen and oxygen atoms in total. The summed E-state index contributed by atoms with van der Waals surface area (Å²) >= 11 is 1.47. The van der Waals surface area contributed by atoms with Crippen molar-refractivity contribution in [3.8, 4) is 5.75 Å². The van der Waals surface area contributed by atoms with Crippen LogP contribution in [0.2, 0.25) is 0 Å². The van der Waals surface area contributed by atoms with E-state index in [2.05, 4.69) is 5.32 Å². The first kappa shape index (κ1) is 15.4. The number of ether oxygens (including phenoxy) is 1. The average molecular weight is 283 g/mol. The summed E-state index contributed by atoms with van der Waals surface area (Å²) in [5.74, 6) is -0.0915. The largest absolute Gasteiger partial charge is 0.482 e. The second-order valence-corrected chi connectivity index (χ2v) is 4.84. The number of rotatable bonds is 7. The second-order valence-electron chi connectivity index (χ2n) is 3.97. The smallest absolute Gasteiger partial charge is 0.341 e. The Morgan fingerprint density at radius 3 is 2.53 bits per heavy atom. The molecule has 1 rings (SSSR count). The first-order chi connectivity index (χ1) is 9.02. The van der Waals surface area contributed by atoms with Crippen LogP contribution in [-0.2, 0) is 9.59 Å². The fourth-order valence-electron chi connectivity index (χ4n) is 1.50. The molecule has 0 radical (unpaired) electrons. The predicted octanol–water partition coefficient (Wildman–Crippen LogP) is 1.69. The molecule has 0 fully saturated rings. The third-order valence-electron chi connectivity index (χ3n) is 2.40. The van der Waals surface area contributed by atoms with Crippen molar-refractivity contribution in [2.24, 2.45) is 0 Å². The van der Waals surface area contributed by atoms with Gasteiger partial charge in [-0.3, -0.25) is 4.79 Å². The van der Waals surface area contributed by atoms with Crippen LogP contribution < -0.4 is 10.1 Å². The molecule has 1 amide bonds. The molecular formula is C13H17NO4S. The molecule has 0 bridgehead atoms. The number of hydrogen-bond acceptors (Lipinski definition) is 4. The van der Waals surface area contributed by atoms with Crippen LogP contribution >= 0.6 is 11.8 Å². The molecule has 0 saturated heterocycles. The maximum atomic E-state index is 11.4. The highest BCUT2D eigenvalue weighted by atomic mass is 32.2. The van der Waals surface area contributed by atoms with Crippen LogP contribution in [0.3, 0.4) is 0 Å². The van der Waals surface area contributed by atoms with Crippen LogP contribution in [0.15, 0.2) is 24.3 Å². The number of thioether (sulfide) groups is 1. The highest BCUT2D eigenvalue weighted by Crippen LogP contribution is 2.17. The summed E-state index contributed by atoms with van der Waals surface area (Å²) in [6, 6.07) is 6.90. The van der Waals surface area contributed by atoms with Crippen LogP contribution in [0.25, 0.3) is 0 Å². The third kappa shape index (κ3) is 5.65. The fourth-order valence-corrected chi connectivity index (χ4v) is 1.84. The van der Waals surface area contributed by atoms with E-state index >= 15 is 0 Å². The Morgan fingerprint density at radius 1 is 1.37 bits per heavy atom. The lowest BCUT2D eigenvalue weighted by atomic mass is 10.1. The van der Waals surface area contributed by atoms with Crippen LogP contribution in [0.4, 0.5) is 0 Å². The SMILES string of the molecule is CSCC(=O)NC(C)c1ccc(OCC(=O)O)cc1. The standard InChI is InChI=1S/C13H17NO4S/c1-9(14-12(15)8-19-2)10-3-5-11(6-4-10)18-7-13(16)17/h3-6,9H,7-8H2,1-2H3,(H,14,15)(H,16,17). The number of nitrogens with one attached hydrogen (secondary N) is 1. The van der Waals surface area contributed by atoms with Crippen molar-refractivity contribution in [2.75, 3.05) is 18.6 Å². The Hall–Kier alpha value is -1.69. The summed E-state index contributed by atoms with van der Waals surface area (Å²) in [6.45, 7) is 1.53. The van der Waals surface area contributed by atoms with Crippen LogP contribution in [0.1, 0.15) is 18.5 Å². The molecule has 2 N–H and O–H groups in total. The Morgan fingerprint density at radius 2 is 2.00 bits per heavy atom. The number of hydrogen-bond donors (Lipinski definition) is 2. The number of benzene rings is 1. The minimum Gasteiger partial charge on any atom is -0.482 e. The van der Waals surface area contributed by atoms with Gasteiger partial charge in [0.15, 0.2) is 6.61 Å². The van der Waals surface area contributed by atoms with Crippen molar-refractivity contribution in [3.63, 3.8) is 0 Å². The molecule has 0 saturated carbocycles. The highest BCUT2D eigenvalue weighted by molar-refractivity contribution is 7.99. The lowest BCUT2D eigenvalue weighted by Crippen LogP contribution is -2.28. The lowest BCUT2D eigenvalue weighted by Gasteiger charge is -2.14. The van der Waals surface area contributed by atoms with Crippen molar-refractivity contribution in [3.05, 3.63) is 29.8 Å². The maximum absolute atomic E-state index is 11.4. The van der Waals surface area contributed by atoms with Gasteiger partial charge < -0.3 is 15.2 Å². The molecule has 0 aliphatic rings. The molecule has 0 aliphatic carbocycles. The Bertz CT molecular complexity index is 433. The zero-order valence-electron chi connectivity index (χ0n) is 10.9. The number of carboxylic acids is 1. The lowest BCUT2D eigenvalue weighted by molar-refractivity contribution is -0.139. The molecular weight excluding hydrogens is 266 g/mol. The fraction of sp³-hybridized carbons (Fsp3) is 0.385. The van der Waals surface area contributed by atoms with Crippen molar-refractivity contribution in [1.82, 2.24) is 5.32 Å². The van der Waals surface area contributed by atoms with Gasteiger partial charge in [0, 0.05) is 0 Å². The van der Waals surface area contributed by atoms with Gasteiger partial charge in [-0.15, -0.1) is 0 Å². The van der Waals surface area contributed by atoms with Crippen molar-refractivity contribution < 1.29 is 19.4 Å². The zero-order chi connectivity index (χ0) is 14.3. The van der Waals surface area contributed by atoms with E-state index in [9.17, 15) is 9.59 Å². The molecule has 1 unspecified atom stereocenters. The minimum atomic E-state index is -1.01. The Labute approximate surface area is 116 Å². The summed E-state index contributed by atoms with van der Waals surface area (Å²) in [7, 11) is 0. The zero-order valence-corrected chi connectivity index (χ0v) is 11.7. The van der Waals surface area contributed by atoms with Gasteiger partial charge in [0.1, 0.15) is 5.75 Å². The quantitative estimate of drug-likeness (QED) is 0.796. The minimum absolute atomic E-state index is 0.00814. The van der Waals surface area contributed by atoms with E-state index in [1.165, 1.54) is 11.8 Å². The molecule has 6 heteroatoms. The molecule has 0 aromatic heterocycles. The van der Waals surface area contributed by atoms with Gasteiger partial charge in [-0.2, -0.15) is 11.8 Å². The van der Waals surface area contributed by atoms with Crippen LogP contribution in [-0.4, -0.2) is 35.6 Å². The first-order valence-corrected chi connectivity index (χ1v) is 7.15. The van der Waals surface area contributed by atoms with E-state index in [0.29, 0.717) is 11.5 Å². The Kier molecular flexibility index (Phi) is 6.21. The molecule has 0 aliphatic heterocycles. The number of aliphatic carboxylic acids is 1. The molecule has 104 valence electrons. The van der Waals surface area contributed by atoms with Gasteiger partial charge in [0.05, 0.1) is 11.8 Å². The average Bonchev–Trinajstić information content (AvgIpc) is 2.37. The van der Waals surface area contributed by atoms with E-state index in [4.69, 9.17) is 9.84 Å². The summed E-state index contributed by atoms with van der Waals surface area (Å²) < 4.78 is 5.03. The van der Waals surface area contributed by atoms with Crippen LogP contribution in [0, 0.1) is 0 Å². The van der Waals surface area contributed by atoms with Crippen molar-refractivity contribution >= 4 is 23.6 Å². The topological polar surface area (TPSA) is 75.6 Å².